The van der Waals surface area contributed by atoms with E-state index in [1.165, 1.54) is 7.11 Å². The molecule has 1 atom stereocenters. The fraction of sp³-hybridized carbons (Fsp3) is 0.364. The van der Waals surface area contributed by atoms with Crippen LogP contribution >= 0.6 is 0 Å². The number of hydrogen-bond acceptors (Lipinski definition) is 3. The monoisotopic (exact) mass is 245 g/mol. The molecule has 3 N–H and O–H groups in total. The molecule has 6 heteroatoms. The summed E-state index contributed by atoms with van der Waals surface area (Å²) in [6, 6.07) is 1.13. The van der Waals surface area contributed by atoms with Gasteiger partial charge in [-0.2, -0.15) is 0 Å². The van der Waals surface area contributed by atoms with Gasteiger partial charge in [-0.15, -0.1) is 0 Å². The summed E-state index contributed by atoms with van der Waals surface area (Å²) in [7, 11) is 1.32. The van der Waals surface area contributed by atoms with E-state index in [-0.39, 0.29) is 24.2 Å². The Kier molecular flexibility index (Phi) is 4.53. The van der Waals surface area contributed by atoms with Crippen molar-refractivity contribution in [3.8, 4) is 0 Å². The van der Waals surface area contributed by atoms with Gasteiger partial charge in [0, 0.05) is 18.7 Å². The van der Waals surface area contributed by atoms with Crippen LogP contribution in [0.4, 0.5) is 8.78 Å². The minimum absolute atomic E-state index is 0.113. The third kappa shape index (κ3) is 3.47. The number of carboxylic acid groups (broad SMARTS) is 1. The number of halogens is 2. The first-order chi connectivity index (χ1) is 7.95. The number of benzene rings is 1. The van der Waals surface area contributed by atoms with Gasteiger partial charge in [0.25, 0.3) is 0 Å². The lowest BCUT2D eigenvalue weighted by atomic mass is 10.0. The Hall–Kier alpha value is -1.53. The summed E-state index contributed by atoms with van der Waals surface area (Å²) in [5.41, 5.74) is 5.43. The molecule has 94 valence electrons. The molecular formula is C11H13F2NO3. The van der Waals surface area contributed by atoms with Gasteiger partial charge in [0.15, 0.2) is 0 Å². The molecule has 0 bridgehead atoms. The SMILES string of the molecule is COCc1c(F)cc(C(N)CC(=O)O)cc1F. The second-order valence-electron chi connectivity index (χ2n) is 3.60. The molecule has 0 fully saturated rings. The Morgan fingerprint density at radius 2 is 2.00 bits per heavy atom. The lowest BCUT2D eigenvalue weighted by Crippen LogP contribution is -2.16. The van der Waals surface area contributed by atoms with Crippen molar-refractivity contribution in [1.82, 2.24) is 0 Å². The first-order valence-corrected chi connectivity index (χ1v) is 4.89. The molecule has 1 aromatic rings. The number of carbonyl (C=O) groups is 1. The average molecular weight is 245 g/mol. The highest BCUT2D eigenvalue weighted by atomic mass is 19.1. The van der Waals surface area contributed by atoms with Crippen molar-refractivity contribution < 1.29 is 23.4 Å². The van der Waals surface area contributed by atoms with Crippen LogP contribution in [0.2, 0.25) is 0 Å². The molecule has 1 aromatic carbocycles. The van der Waals surface area contributed by atoms with E-state index in [0.717, 1.165) is 12.1 Å². The standard InChI is InChI=1S/C11H13F2NO3/c1-17-5-7-8(12)2-6(3-9(7)13)10(14)4-11(15)16/h2-3,10H,4-5,14H2,1H3,(H,15,16). The van der Waals surface area contributed by atoms with E-state index < -0.39 is 23.6 Å². The molecule has 17 heavy (non-hydrogen) atoms. The van der Waals surface area contributed by atoms with E-state index in [1.807, 2.05) is 0 Å². The van der Waals surface area contributed by atoms with Crippen molar-refractivity contribution in [3.63, 3.8) is 0 Å². The fourth-order valence-corrected chi connectivity index (χ4v) is 1.42. The third-order valence-electron chi connectivity index (χ3n) is 2.27. The first kappa shape index (κ1) is 13.5. The fourth-order valence-electron chi connectivity index (χ4n) is 1.42. The van der Waals surface area contributed by atoms with E-state index in [2.05, 4.69) is 4.74 Å². The van der Waals surface area contributed by atoms with Crippen LogP contribution in [-0.2, 0) is 16.1 Å². The summed E-state index contributed by atoms with van der Waals surface area (Å²) in [6.07, 6.45) is -0.386. The van der Waals surface area contributed by atoms with Crippen molar-refractivity contribution in [3.05, 3.63) is 34.9 Å². The number of hydrogen-bond donors (Lipinski definition) is 2. The van der Waals surface area contributed by atoms with Crippen LogP contribution in [0.25, 0.3) is 0 Å². The normalized spacial score (nSPS) is 12.5. The number of rotatable bonds is 5. The molecule has 4 nitrogen and oxygen atoms in total. The number of carboxylic acids is 1. The second-order valence-corrected chi connectivity index (χ2v) is 3.60. The van der Waals surface area contributed by atoms with Crippen LogP contribution in [0, 0.1) is 11.6 Å². The summed E-state index contributed by atoms with van der Waals surface area (Å²) in [5, 5.41) is 8.54. The molecule has 0 aliphatic carbocycles. The zero-order valence-corrected chi connectivity index (χ0v) is 9.24. The molecule has 0 amide bonds. The van der Waals surface area contributed by atoms with Crippen LogP contribution in [0.1, 0.15) is 23.6 Å². The molecule has 0 saturated heterocycles. The Morgan fingerprint density at radius 3 is 2.41 bits per heavy atom. The van der Waals surface area contributed by atoms with Gasteiger partial charge in [-0.05, 0) is 17.7 Å². The van der Waals surface area contributed by atoms with Gasteiger partial charge in [0.1, 0.15) is 11.6 Å². The van der Waals surface area contributed by atoms with Crippen molar-refractivity contribution >= 4 is 5.97 Å². The highest BCUT2D eigenvalue weighted by molar-refractivity contribution is 5.67. The van der Waals surface area contributed by atoms with E-state index in [0.29, 0.717) is 0 Å². The number of aliphatic carboxylic acids is 1. The maximum atomic E-state index is 13.5. The Bertz CT molecular complexity index is 400. The van der Waals surface area contributed by atoms with Gasteiger partial charge >= 0.3 is 5.97 Å². The molecule has 0 spiro atoms. The largest absolute Gasteiger partial charge is 0.481 e. The molecule has 1 rings (SSSR count). The summed E-state index contributed by atoms with van der Waals surface area (Å²) in [6.45, 7) is -0.188. The van der Waals surface area contributed by atoms with Crippen molar-refractivity contribution in [1.29, 1.82) is 0 Å². The lowest BCUT2D eigenvalue weighted by molar-refractivity contribution is -0.137. The minimum atomic E-state index is -1.13. The van der Waals surface area contributed by atoms with Gasteiger partial charge in [0.2, 0.25) is 0 Å². The van der Waals surface area contributed by atoms with Crippen molar-refractivity contribution in [2.24, 2.45) is 5.73 Å². The molecule has 0 aromatic heterocycles. The number of methoxy groups -OCH3 is 1. The zero-order chi connectivity index (χ0) is 13.0. The number of nitrogens with two attached hydrogens (primary N) is 1. The summed E-state index contributed by atoms with van der Waals surface area (Å²) < 4.78 is 31.6. The maximum absolute atomic E-state index is 13.5. The van der Waals surface area contributed by atoms with Crippen molar-refractivity contribution in [2.45, 2.75) is 19.1 Å². The topological polar surface area (TPSA) is 72.5 Å². The van der Waals surface area contributed by atoms with Crippen LogP contribution in [-0.4, -0.2) is 18.2 Å². The van der Waals surface area contributed by atoms with Gasteiger partial charge in [0.05, 0.1) is 13.0 Å². The third-order valence-corrected chi connectivity index (χ3v) is 2.27. The highest BCUT2D eigenvalue weighted by Gasteiger charge is 2.16. The molecule has 0 radical (unpaired) electrons. The second kappa shape index (κ2) is 5.70. The Balaban J connectivity index is 3.00. The summed E-state index contributed by atoms with van der Waals surface area (Å²) >= 11 is 0. The van der Waals surface area contributed by atoms with E-state index in [4.69, 9.17) is 10.8 Å². The predicted molar refractivity (Wildman–Crippen MR) is 56.3 cm³/mol. The highest BCUT2D eigenvalue weighted by Crippen LogP contribution is 2.21. The Labute approximate surface area is 97.0 Å². The average Bonchev–Trinajstić information content (AvgIpc) is 2.22. The van der Waals surface area contributed by atoms with E-state index in [9.17, 15) is 13.6 Å². The van der Waals surface area contributed by atoms with Gasteiger partial charge < -0.3 is 15.6 Å². The van der Waals surface area contributed by atoms with Crippen LogP contribution in [0.3, 0.4) is 0 Å². The quantitative estimate of drug-likeness (QED) is 0.826. The van der Waals surface area contributed by atoms with Crippen molar-refractivity contribution in [2.75, 3.05) is 7.11 Å². The Morgan fingerprint density at radius 1 is 1.47 bits per heavy atom. The molecule has 0 heterocycles. The van der Waals surface area contributed by atoms with Crippen LogP contribution in [0.5, 0.6) is 0 Å². The van der Waals surface area contributed by atoms with E-state index in [1.54, 1.807) is 0 Å². The molecule has 0 saturated carbocycles. The lowest BCUT2D eigenvalue weighted by Gasteiger charge is -2.12. The van der Waals surface area contributed by atoms with Gasteiger partial charge in [-0.25, -0.2) is 8.78 Å². The smallest absolute Gasteiger partial charge is 0.305 e. The van der Waals surface area contributed by atoms with Gasteiger partial charge in [-0.1, -0.05) is 0 Å². The van der Waals surface area contributed by atoms with Crippen LogP contribution < -0.4 is 5.73 Å². The number of ether oxygens (including phenoxy) is 1. The predicted octanol–water partition coefficient (Wildman–Crippen LogP) is 1.59. The zero-order valence-electron chi connectivity index (χ0n) is 9.24. The summed E-state index contributed by atoms with van der Waals surface area (Å²) in [4.78, 5) is 10.4. The summed E-state index contributed by atoms with van der Waals surface area (Å²) in [5.74, 6) is -2.70. The molecule has 0 aliphatic heterocycles. The first-order valence-electron chi connectivity index (χ1n) is 4.89. The van der Waals surface area contributed by atoms with Crippen LogP contribution in [0.15, 0.2) is 12.1 Å². The van der Waals surface area contributed by atoms with Gasteiger partial charge in [-0.3, -0.25) is 4.79 Å². The minimum Gasteiger partial charge on any atom is -0.481 e. The van der Waals surface area contributed by atoms with E-state index >= 15 is 0 Å². The molecule has 1 unspecified atom stereocenters. The molecule has 0 aliphatic rings. The maximum Gasteiger partial charge on any atom is 0.305 e. The molecular weight excluding hydrogens is 232 g/mol.